The van der Waals surface area contributed by atoms with Crippen LogP contribution in [-0.2, 0) is 22.6 Å². The average molecular weight is 397 g/mol. The molecule has 0 heterocycles. The number of carbonyl (C=O) groups is 2. The van der Waals surface area contributed by atoms with Crippen LogP contribution >= 0.6 is 0 Å². The van der Waals surface area contributed by atoms with E-state index in [4.69, 9.17) is 0 Å². The fourth-order valence-electron chi connectivity index (χ4n) is 3.93. The topological polar surface area (TPSA) is 49.4 Å². The van der Waals surface area contributed by atoms with E-state index in [1.807, 2.05) is 30.3 Å². The number of hydrogen-bond acceptors (Lipinski definition) is 2. The van der Waals surface area contributed by atoms with Crippen molar-refractivity contribution in [1.29, 1.82) is 0 Å². The van der Waals surface area contributed by atoms with Crippen LogP contribution in [0, 0.1) is 5.82 Å². The Morgan fingerprint density at radius 2 is 1.72 bits per heavy atom. The molecule has 154 valence electrons. The van der Waals surface area contributed by atoms with Crippen molar-refractivity contribution >= 4 is 11.8 Å². The molecule has 29 heavy (non-hydrogen) atoms. The minimum absolute atomic E-state index is 0.0783. The highest BCUT2D eigenvalue weighted by molar-refractivity contribution is 5.88. The van der Waals surface area contributed by atoms with Crippen molar-refractivity contribution in [1.82, 2.24) is 10.2 Å². The number of hydrogen-bond donors (Lipinski definition) is 1. The SMILES string of the molecule is CCC(=O)N(Cc1ccccc1F)[C@@H](Cc1ccccc1)C(=O)NC1CCCC1. The molecule has 3 rings (SSSR count). The monoisotopic (exact) mass is 396 g/mol. The van der Waals surface area contributed by atoms with Crippen LogP contribution in [0.5, 0.6) is 0 Å². The summed E-state index contributed by atoms with van der Waals surface area (Å²) in [6.45, 7) is 1.85. The van der Waals surface area contributed by atoms with E-state index in [-0.39, 0.29) is 36.6 Å². The first-order valence-electron chi connectivity index (χ1n) is 10.5. The Hall–Kier alpha value is -2.69. The van der Waals surface area contributed by atoms with E-state index < -0.39 is 6.04 Å². The molecule has 0 radical (unpaired) electrons. The summed E-state index contributed by atoms with van der Waals surface area (Å²) < 4.78 is 14.3. The summed E-state index contributed by atoms with van der Waals surface area (Å²) in [5, 5.41) is 3.13. The molecule has 2 aromatic carbocycles. The lowest BCUT2D eigenvalue weighted by atomic mass is 10.0. The van der Waals surface area contributed by atoms with Gasteiger partial charge in [-0.25, -0.2) is 4.39 Å². The second-order valence-electron chi connectivity index (χ2n) is 7.66. The molecule has 0 bridgehead atoms. The van der Waals surface area contributed by atoms with Gasteiger partial charge in [0.05, 0.1) is 0 Å². The summed E-state index contributed by atoms with van der Waals surface area (Å²) in [6, 6.07) is 15.6. The maximum Gasteiger partial charge on any atom is 0.243 e. The normalized spacial score (nSPS) is 15.1. The Bertz CT molecular complexity index is 819. The fourth-order valence-corrected chi connectivity index (χ4v) is 3.93. The Labute approximate surface area is 172 Å². The predicted molar refractivity (Wildman–Crippen MR) is 112 cm³/mol. The quantitative estimate of drug-likeness (QED) is 0.726. The van der Waals surface area contributed by atoms with Gasteiger partial charge in [0.2, 0.25) is 11.8 Å². The molecule has 0 unspecified atom stereocenters. The summed E-state index contributed by atoms with van der Waals surface area (Å²) in [7, 11) is 0. The fraction of sp³-hybridized carbons (Fsp3) is 0.417. The maximum atomic E-state index is 14.3. The van der Waals surface area contributed by atoms with E-state index in [0.717, 1.165) is 31.2 Å². The molecule has 2 amide bonds. The standard InChI is InChI=1S/C24H29FN2O2/c1-2-23(28)27(17-19-12-6-9-15-21(19)25)22(16-18-10-4-3-5-11-18)24(29)26-20-13-7-8-14-20/h3-6,9-12,15,20,22H,2,7-8,13-14,16-17H2,1H3,(H,26,29)/t22-/m0/s1. The van der Waals surface area contributed by atoms with Crippen LogP contribution in [0.4, 0.5) is 4.39 Å². The van der Waals surface area contributed by atoms with Gasteiger partial charge in [0.25, 0.3) is 0 Å². The van der Waals surface area contributed by atoms with Crippen molar-refractivity contribution in [3.63, 3.8) is 0 Å². The smallest absolute Gasteiger partial charge is 0.243 e. The summed E-state index contributed by atoms with van der Waals surface area (Å²) in [5.41, 5.74) is 1.39. The molecule has 5 heteroatoms. The Morgan fingerprint density at radius 1 is 1.07 bits per heavy atom. The van der Waals surface area contributed by atoms with Gasteiger partial charge < -0.3 is 10.2 Å². The summed E-state index contributed by atoms with van der Waals surface area (Å²) in [5.74, 6) is -0.675. The van der Waals surface area contributed by atoms with E-state index in [1.165, 1.54) is 11.0 Å². The second kappa shape index (κ2) is 10.2. The summed E-state index contributed by atoms with van der Waals surface area (Å²) in [6.07, 6.45) is 4.83. The molecular formula is C24H29FN2O2. The van der Waals surface area contributed by atoms with E-state index in [1.54, 1.807) is 25.1 Å². The Kier molecular flexibility index (Phi) is 7.39. The lowest BCUT2D eigenvalue weighted by Gasteiger charge is -2.32. The van der Waals surface area contributed by atoms with Crippen LogP contribution in [0.25, 0.3) is 0 Å². The number of halogens is 1. The van der Waals surface area contributed by atoms with Crippen LogP contribution in [0.3, 0.4) is 0 Å². The third-order valence-corrected chi connectivity index (χ3v) is 5.57. The van der Waals surface area contributed by atoms with Crippen molar-refractivity contribution in [3.8, 4) is 0 Å². The molecule has 0 aromatic heterocycles. The largest absolute Gasteiger partial charge is 0.352 e. The molecular weight excluding hydrogens is 367 g/mol. The molecule has 2 aromatic rings. The van der Waals surface area contributed by atoms with Crippen LogP contribution < -0.4 is 5.32 Å². The van der Waals surface area contributed by atoms with E-state index in [9.17, 15) is 14.0 Å². The van der Waals surface area contributed by atoms with Gasteiger partial charge in [-0.2, -0.15) is 0 Å². The van der Waals surface area contributed by atoms with Crippen molar-refractivity contribution in [3.05, 3.63) is 71.5 Å². The van der Waals surface area contributed by atoms with Crippen LogP contribution in [0.15, 0.2) is 54.6 Å². The summed E-state index contributed by atoms with van der Waals surface area (Å²) in [4.78, 5) is 27.6. The zero-order valence-electron chi connectivity index (χ0n) is 16.9. The molecule has 0 saturated heterocycles. The van der Waals surface area contributed by atoms with Gasteiger partial charge in [0.15, 0.2) is 0 Å². The third kappa shape index (κ3) is 5.66. The number of benzene rings is 2. The first-order valence-corrected chi connectivity index (χ1v) is 10.5. The van der Waals surface area contributed by atoms with Gasteiger partial charge in [-0.15, -0.1) is 0 Å². The number of carbonyl (C=O) groups excluding carboxylic acids is 2. The molecule has 0 aliphatic heterocycles. The molecule has 1 aliphatic rings. The van der Waals surface area contributed by atoms with Crippen molar-refractivity contribution in [2.75, 3.05) is 0 Å². The van der Waals surface area contributed by atoms with Crippen molar-refractivity contribution < 1.29 is 14.0 Å². The zero-order valence-corrected chi connectivity index (χ0v) is 16.9. The van der Waals surface area contributed by atoms with Crippen LogP contribution in [-0.4, -0.2) is 28.8 Å². The number of rotatable bonds is 8. The predicted octanol–water partition coefficient (Wildman–Crippen LogP) is 4.23. The zero-order chi connectivity index (χ0) is 20.6. The summed E-state index contributed by atoms with van der Waals surface area (Å²) >= 11 is 0. The highest BCUT2D eigenvalue weighted by Gasteiger charge is 2.31. The highest BCUT2D eigenvalue weighted by Crippen LogP contribution is 2.20. The van der Waals surface area contributed by atoms with Gasteiger partial charge in [-0.1, -0.05) is 68.3 Å². The average Bonchev–Trinajstić information content (AvgIpc) is 3.25. The first-order chi connectivity index (χ1) is 14.1. The lowest BCUT2D eigenvalue weighted by Crippen LogP contribution is -2.52. The minimum atomic E-state index is -0.676. The van der Waals surface area contributed by atoms with E-state index in [2.05, 4.69) is 5.32 Å². The van der Waals surface area contributed by atoms with Gasteiger partial charge in [-0.3, -0.25) is 9.59 Å². The van der Waals surface area contributed by atoms with Gasteiger partial charge in [-0.05, 0) is 24.5 Å². The molecule has 0 spiro atoms. The number of amides is 2. The van der Waals surface area contributed by atoms with Crippen LogP contribution in [0.1, 0.15) is 50.2 Å². The minimum Gasteiger partial charge on any atom is -0.352 e. The first kappa shape index (κ1) is 21.0. The van der Waals surface area contributed by atoms with Crippen molar-refractivity contribution in [2.45, 2.75) is 64.1 Å². The Morgan fingerprint density at radius 3 is 2.38 bits per heavy atom. The van der Waals surface area contributed by atoms with Crippen LogP contribution in [0.2, 0.25) is 0 Å². The second-order valence-corrected chi connectivity index (χ2v) is 7.66. The van der Waals surface area contributed by atoms with Gasteiger partial charge in [0, 0.05) is 31.0 Å². The maximum absolute atomic E-state index is 14.3. The van der Waals surface area contributed by atoms with E-state index >= 15 is 0 Å². The number of nitrogens with zero attached hydrogens (tertiary/aromatic N) is 1. The Balaban J connectivity index is 1.88. The van der Waals surface area contributed by atoms with Gasteiger partial charge in [0.1, 0.15) is 11.9 Å². The third-order valence-electron chi connectivity index (χ3n) is 5.57. The molecule has 1 N–H and O–H groups in total. The molecule has 1 aliphatic carbocycles. The molecule has 1 saturated carbocycles. The number of nitrogens with one attached hydrogen (secondary N) is 1. The molecule has 4 nitrogen and oxygen atoms in total. The van der Waals surface area contributed by atoms with Crippen molar-refractivity contribution in [2.24, 2.45) is 0 Å². The van der Waals surface area contributed by atoms with Gasteiger partial charge >= 0.3 is 0 Å². The molecule has 1 atom stereocenters. The molecule has 1 fully saturated rings. The highest BCUT2D eigenvalue weighted by atomic mass is 19.1. The van der Waals surface area contributed by atoms with E-state index in [0.29, 0.717) is 12.0 Å². The lowest BCUT2D eigenvalue weighted by molar-refractivity contribution is -0.141.